The Labute approximate surface area is 178 Å². The van der Waals surface area contributed by atoms with E-state index in [4.69, 9.17) is 4.42 Å². The Morgan fingerprint density at radius 2 is 1.84 bits per heavy atom. The molecule has 3 N–H and O–H groups in total. The van der Waals surface area contributed by atoms with Gasteiger partial charge in [0.15, 0.2) is 16.7 Å². The molecular weight excluding hydrogens is 420 g/mol. The van der Waals surface area contributed by atoms with Crippen LogP contribution in [0.5, 0.6) is 11.5 Å². The maximum atomic E-state index is 13.1. The number of aromatic hydroxyl groups is 2. The minimum atomic E-state index is -1.04. The second kappa shape index (κ2) is 6.99. The zero-order valence-corrected chi connectivity index (χ0v) is 16.5. The number of carbonyl (C=O) groups is 2. The van der Waals surface area contributed by atoms with E-state index in [1.807, 2.05) is 0 Å². The van der Waals surface area contributed by atoms with Crippen molar-refractivity contribution < 1.29 is 29.3 Å². The molecule has 1 aliphatic rings. The van der Waals surface area contributed by atoms with Crippen LogP contribution in [0, 0.1) is 0 Å². The number of aliphatic hydroxyl groups is 1. The number of Topliss-reactive ketones (excluding diaryl/α,β-unsaturated/α-hetero) is 1. The molecule has 3 heterocycles. The van der Waals surface area contributed by atoms with Gasteiger partial charge in [0.1, 0.15) is 11.5 Å². The van der Waals surface area contributed by atoms with Gasteiger partial charge in [-0.1, -0.05) is 23.5 Å². The number of hydrogen-bond acceptors (Lipinski definition) is 8. The van der Waals surface area contributed by atoms with Crippen LogP contribution < -0.4 is 4.90 Å². The first-order chi connectivity index (χ1) is 14.9. The minimum absolute atomic E-state index is 0.0243. The molecule has 31 heavy (non-hydrogen) atoms. The number of phenolic OH excluding ortho intramolecular Hbond substituents is 2. The summed E-state index contributed by atoms with van der Waals surface area (Å²) in [6, 6.07) is 12.7. The SMILES string of the molecule is O=C(C1=C(O)C(=O)N(c2nc3cc(O)ccc3s2)C1c1cccc(O)c1)c1ccco1. The van der Waals surface area contributed by atoms with Gasteiger partial charge in [0.2, 0.25) is 5.78 Å². The smallest absolute Gasteiger partial charge is 0.296 e. The summed E-state index contributed by atoms with van der Waals surface area (Å²) in [4.78, 5) is 31.8. The molecule has 154 valence electrons. The van der Waals surface area contributed by atoms with Crippen molar-refractivity contribution in [2.24, 2.45) is 0 Å². The molecule has 1 amide bonds. The highest BCUT2D eigenvalue weighted by Gasteiger charge is 2.46. The summed E-state index contributed by atoms with van der Waals surface area (Å²) in [5.74, 6) is -2.23. The predicted octanol–water partition coefficient (Wildman–Crippen LogP) is 4.08. The molecule has 0 fully saturated rings. The lowest BCUT2D eigenvalue weighted by molar-refractivity contribution is -0.117. The van der Waals surface area contributed by atoms with Crippen molar-refractivity contribution in [3.63, 3.8) is 0 Å². The number of phenols is 2. The molecule has 1 atom stereocenters. The van der Waals surface area contributed by atoms with Crippen molar-refractivity contribution >= 4 is 38.4 Å². The molecule has 9 heteroatoms. The van der Waals surface area contributed by atoms with Crippen LogP contribution >= 0.6 is 11.3 Å². The Kier molecular flexibility index (Phi) is 4.26. The van der Waals surface area contributed by atoms with E-state index in [1.54, 1.807) is 18.2 Å². The van der Waals surface area contributed by atoms with Crippen LogP contribution in [0.25, 0.3) is 10.2 Å². The van der Waals surface area contributed by atoms with E-state index in [-0.39, 0.29) is 28.0 Å². The quantitative estimate of drug-likeness (QED) is 0.413. The van der Waals surface area contributed by atoms with E-state index in [0.717, 1.165) is 0 Å². The molecule has 4 aromatic rings. The normalized spacial score (nSPS) is 16.5. The zero-order valence-electron chi connectivity index (χ0n) is 15.7. The number of anilines is 1. The maximum Gasteiger partial charge on any atom is 0.296 e. The summed E-state index contributed by atoms with van der Waals surface area (Å²) in [5, 5.41) is 30.6. The molecular formula is C22H14N2O6S. The number of thiazole rings is 1. The number of hydrogen-bond donors (Lipinski definition) is 3. The first kappa shape index (κ1) is 18.9. The first-order valence-electron chi connectivity index (χ1n) is 9.17. The summed E-state index contributed by atoms with van der Waals surface area (Å²) >= 11 is 1.17. The fourth-order valence-corrected chi connectivity index (χ4v) is 4.56. The molecule has 2 aromatic carbocycles. The van der Waals surface area contributed by atoms with Gasteiger partial charge in [-0.2, -0.15) is 0 Å². The van der Waals surface area contributed by atoms with E-state index < -0.39 is 23.5 Å². The number of fused-ring (bicyclic) bond motifs is 1. The van der Waals surface area contributed by atoms with E-state index in [0.29, 0.717) is 15.8 Å². The number of benzene rings is 2. The largest absolute Gasteiger partial charge is 0.508 e. The highest BCUT2D eigenvalue weighted by Crippen LogP contribution is 2.44. The molecule has 5 rings (SSSR count). The number of aromatic nitrogens is 1. The van der Waals surface area contributed by atoms with Gasteiger partial charge in [-0.15, -0.1) is 0 Å². The molecule has 1 aliphatic heterocycles. The average Bonchev–Trinajstić information content (AvgIpc) is 3.46. The molecule has 0 spiro atoms. The van der Waals surface area contributed by atoms with Crippen LogP contribution in [0.3, 0.4) is 0 Å². The molecule has 0 saturated carbocycles. The average molecular weight is 434 g/mol. The van der Waals surface area contributed by atoms with Crippen LogP contribution in [0.15, 0.2) is 76.6 Å². The Bertz CT molecular complexity index is 1370. The Morgan fingerprint density at radius 3 is 2.58 bits per heavy atom. The van der Waals surface area contributed by atoms with Crippen LogP contribution in [0.4, 0.5) is 5.13 Å². The van der Waals surface area contributed by atoms with E-state index in [2.05, 4.69) is 4.98 Å². The minimum Gasteiger partial charge on any atom is -0.508 e. The van der Waals surface area contributed by atoms with E-state index in [9.17, 15) is 24.9 Å². The van der Waals surface area contributed by atoms with E-state index in [1.165, 1.54) is 58.9 Å². The number of amides is 1. The molecule has 0 saturated heterocycles. The van der Waals surface area contributed by atoms with Crippen LogP contribution in [-0.2, 0) is 4.79 Å². The van der Waals surface area contributed by atoms with Crippen molar-refractivity contribution in [1.29, 1.82) is 0 Å². The lowest BCUT2D eigenvalue weighted by Gasteiger charge is -2.24. The monoisotopic (exact) mass is 434 g/mol. The molecule has 2 aromatic heterocycles. The van der Waals surface area contributed by atoms with Gasteiger partial charge in [-0.05, 0) is 42.0 Å². The van der Waals surface area contributed by atoms with Gasteiger partial charge in [0.05, 0.1) is 28.1 Å². The topological polar surface area (TPSA) is 124 Å². The molecule has 1 unspecified atom stereocenters. The Balaban J connectivity index is 1.70. The van der Waals surface area contributed by atoms with Crippen molar-refractivity contribution in [1.82, 2.24) is 4.98 Å². The third-order valence-electron chi connectivity index (χ3n) is 4.95. The van der Waals surface area contributed by atoms with Gasteiger partial charge in [0.25, 0.3) is 5.91 Å². The van der Waals surface area contributed by atoms with Gasteiger partial charge in [-0.3, -0.25) is 14.5 Å². The first-order valence-corrected chi connectivity index (χ1v) is 9.99. The summed E-state index contributed by atoms with van der Waals surface area (Å²) in [5.41, 5.74) is 0.704. The van der Waals surface area contributed by atoms with Crippen LogP contribution in [0.1, 0.15) is 22.2 Å². The summed E-state index contributed by atoms with van der Waals surface area (Å²) in [7, 11) is 0. The third kappa shape index (κ3) is 3.03. The standard InChI is InChI=1S/C22H14N2O6S/c25-12-4-1-3-11(9-12)18-17(19(27)15-5-2-8-30-15)20(28)21(29)24(18)22-23-14-10-13(26)6-7-16(14)31-22/h1-10,18,25-26,28H. The second-order valence-electron chi connectivity index (χ2n) is 6.89. The number of rotatable bonds is 4. The van der Waals surface area contributed by atoms with Crippen molar-refractivity contribution in [3.05, 3.63) is 83.5 Å². The zero-order chi connectivity index (χ0) is 21.7. The second-order valence-corrected chi connectivity index (χ2v) is 7.90. The highest BCUT2D eigenvalue weighted by molar-refractivity contribution is 7.22. The summed E-state index contributed by atoms with van der Waals surface area (Å²) in [6.07, 6.45) is 1.32. The van der Waals surface area contributed by atoms with Crippen LogP contribution in [-0.4, -0.2) is 32.0 Å². The van der Waals surface area contributed by atoms with Crippen LogP contribution in [0.2, 0.25) is 0 Å². The molecule has 8 nitrogen and oxygen atoms in total. The van der Waals surface area contributed by atoms with Gasteiger partial charge < -0.3 is 19.7 Å². The fraction of sp³-hybridized carbons (Fsp3) is 0.0455. The number of carbonyl (C=O) groups excluding carboxylic acids is 2. The highest BCUT2D eigenvalue weighted by atomic mass is 32.1. The Morgan fingerprint density at radius 1 is 1.03 bits per heavy atom. The number of aliphatic hydroxyl groups excluding tert-OH is 1. The lowest BCUT2D eigenvalue weighted by Crippen LogP contribution is -2.30. The lowest BCUT2D eigenvalue weighted by atomic mass is 9.95. The van der Waals surface area contributed by atoms with Gasteiger partial charge >= 0.3 is 0 Å². The third-order valence-corrected chi connectivity index (χ3v) is 5.99. The number of furan rings is 1. The molecule has 0 aliphatic carbocycles. The number of nitrogens with zero attached hydrogens (tertiary/aromatic N) is 2. The van der Waals surface area contributed by atoms with E-state index >= 15 is 0 Å². The predicted molar refractivity (Wildman–Crippen MR) is 112 cm³/mol. The summed E-state index contributed by atoms with van der Waals surface area (Å²) in [6.45, 7) is 0. The van der Waals surface area contributed by atoms with Gasteiger partial charge in [0, 0.05) is 6.07 Å². The maximum absolute atomic E-state index is 13.1. The summed E-state index contributed by atoms with van der Waals surface area (Å²) < 4.78 is 5.90. The molecule has 0 radical (unpaired) electrons. The van der Waals surface area contributed by atoms with Gasteiger partial charge in [-0.25, -0.2) is 4.98 Å². The number of ketones is 1. The Hall–Kier alpha value is -4.11. The van der Waals surface area contributed by atoms with Crippen molar-refractivity contribution in [2.75, 3.05) is 4.90 Å². The fourth-order valence-electron chi connectivity index (χ4n) is 3.59. The van der Waals surface area contributed by atoms with Crippen molar-refractivity contribution in [3.8, 4) is 11.5 Å². The van der Waals surface area contributed by atoms with Crippen molar-refractivity contribution in [2.45, 2.75) is 6.04 Å². The molecule has 0 bridgehead atoms.